The van der Waals surface area contributed by atoms with Crippen molar-refractivity contribution >= 4 is 11.9 Å². The van der Waals surface area contributed by atoms with Gasteiger partial charge >= 0.3 is 5.97 Å². The highest BCUT2D eigenvalue weighted by Crippen LogP contribution is 2.27. The van der Waals surface area contributed by atoms with E-state index in [0.717, 1.165) is 6.42 Å². The SMILES string of the molecule is COc1ccccc1C(=O)NOC(=O)C1CCCCn2c1nc(-c1ccncn1)cc2=O. The predicted octanol–water partition coefficient (Wildman–Crippen LogP) is 1.86. The van der Waals surface area contributed by atoms with E-state index in [0.29, 0.717) is 42.3 Å². The molecule has 1 N–H and O–H groups in total. The molecular weight excluding hydrogens is 414 g/mol. The molecule has 0 bridgehead atoms. The number of benzene rings is 1. The van der Waals surface area contributed by atoms with Crippen molar-refractivity contribution in [2.24, 2.45) is 0 Å². The van der Waals surface area contributed by atoms with Crippen LogP contribution in [0, 0.1) is 0 Å². The third-order valence-corrected chi connectivity index (χ3v) is 5.20. The summed E-state index contributed by atoms with van der Waals surface area (Å²) in [6.45, 7) is 0.447. The zero-order chi connectivity index (χ0) is 22.5. The number of hydroxylamine groups is 1. The van der Waals surface area contributed by atoms with Crippen LogP contribution in [0.5, 0.6) is 5.75 Å². The average Bonchev–Trinajstić information content (AvgIpc) is 3.06. The van der Waals surface area contributed by atoms with Crippen LogP contribution in [-0.2, 0) is 16.2 Å². The fourth-order valence-corrected chi connectivity index (χ4v) is 3.61. The molecule has 1 aliphatic heterocycles. The van der Waals surface area contributed by atoms with Crippen LogP contribution in [0.3, 0.4) is 0 Å². The maximum atomic E-state index is 12.9. The van der Waals surface area contributed by atoms with Crippen LogP contribution in [-0.4, -0.2) is 38.5 Å². The molecule has 10 nitrogen and oxygen atoms in total. The van der Waals surface area contributed by atoms with Gasteiger partial charge in [-0.3, -0.25) is 14.2 Å². The van der Waals surface area contributed by atoms with Crippen LogP contribution in [0.2, 0.25) is 0 Å². The van der Waals surface area contributed by atoms with Crippen LogP contribution < -0.4 is 15.8 Å². The van der Waals surface area contributed by atoms with Gasteiger partial charge in [0.15, 0.2) is 0 Å². The Morgan fingerprint density at radius 2 is 2.00 bits per heavy atom. The van der Waals surface area contributed by atoms with Crippen molar-refractivity contribution in [3.8, 4) is 17.1 Å². The molecule has 1 amide bonds. The molecule has 0 radical (unpaired) electrons. The number of carbonyl (C=O) groups is 2. The van der Waals surface area contributed by atoms with Gasteiger partial charge < -0.3 is 9.57 Å². The molecule has 0 saturated carbocycles. The minimum atomic E-state index is -0.815. The van der Waals surface area contributed by atoms with Gasteiger partial charge in [-0.25, -0.2) is 19.7 Å². The summed E-state index contributed by atoms with van der Waals surface area (Å²) < 4.78 is 6.64. The average molecular weight is 435 g/mol. The minimum Gasteiger partial charge on any atom is -0.496 e. The van der Waals surface area contributed by atoms with E-state index in [1.54, 1.807) is 36.5 Å². The van der Waals surface area contributed by atoms with Gasteiger partial charge in [0.2, 0.25) is 0 Å². The van der Waals surface area contributed by atoms with Crippen LogP contribution >= 0.6 is 0 Å². The van der Waals surface area contributed by atoms with Crippen molar-refractivity contribution in [2.75, 3.05) is 7.11 Å². The number of fused-ring (bicyclic) bond motifs is 1. The maximum Gasteiger partial charge on any atom is 0.342 e. The third kappa shape index (κ3) is 4.34. The zero-order valence-electron chi connectivity index (χ0n) is 17.4. The minimum absolute atomic E-state index is 0.226. The summed E-state index contributed by atoms with van der Waals surface area (Å²) in [7, 11) is 1.44. The van der Waals surface area contributed by atoms with E-state index in [2.05, 4.69) is 20.4 Å². The molecule has 1 atom stereocenters. The first-order valence-electron chi connectivity index (χ1n) is 10.1. The molecule has 3 heterocycles. The second-order valence-electron chi connectivity index (χ2n) is 7.19. The lowest BCUT2D eigenvalue weighted by molar-refractivity contribution is -0.151. The summed E-state index contributed by atoms with van der Waals surface area (Å²) in [5.74, 6) is -1.49. The monoisotopic (exact) mass is 435 g/mol. The smallest absolute Gasteiger partial charge is 0.342 e. The van der Waals surface area contributed by atoms with Crippen LogP contribution in [0.15, 0.2) is 53.7 Å². The molecule has 32 heavy (non-hydrogen) atoms. The van der Waals surface area contributed by atoms with E-state index < -0.39 is 17.8 Å². The van der Waals surface area contributed by atoms with E-state index in [-0.39, 0.29) is 11.1 Å². The molecule has 3 aromatic rings. The first-order valence-corrected chi connectivity index (χ1v) is 10.1. The Hall–Kier alpha value is -4.08. The van der Waals surface area contributed by atoms with Crippen LogP contribution in [0.25, 0.3) is 11.4 Å². The second-order valence-corrected chi connectivity index (χ2v) is 7.19. The van der Waals surface area contributed by atoms with E-state index in [1.807, 2.05) is 0 Å². The number of carbonyl (C=O) groups excluding carboxylic acids is 2. The van der Waals surface area contributed by atoms with Crippen molar-refractivity contribution in [1.29, 1.82) is 0 Å². The topological polar surface area (TPSA) is 125 Å². The van der Waals surface area contributed by atoms with E-state index in [9.17, 15) is 14.4 Å². The molecule has 2 aromatic heterocycles. The summed E-state index contributed by atoms with van der Waals surface area (Å²) in [5.41, 5.74) is 2.95. The lowest BCUT2D eigenvalue weighted by atomic mass is 10.0. The molecule has 164 valence electrons. The highest BCUT2D eigenvalue weighted by atomic mass is 16.7. The van der Waals surface area contributed by atoms with Gasteiger partial charge in [-0.2, -0.15) is 5.48 Å². The molecule has 1 aromatic carbocycles. The molecule has 0 fully saturated rings. The van der Waals surface area contributed by atoms with E-state index >= 15 is 0 Å². The Bertz CT molecular complexity index is 1190. The zero-order valence-corrected chi connectivity index (χ0v) is 17.4. The van der Waals surface area contributed by atoms with Gasteiger partial charge in [0.05, 0.1) is 24.1 Å². The van der Waals surface area contributed by atoms with Crippen molar-refractivity contribution in [3.05, 3.63) is 70.7 Å². The number of ether oxygens (including phenoxy) is 1. The standard InChI is InChI=1S/C22H21N5O5/c1-31-18-8-3-2-6-14(18)21(29)26-32-22(30)15-7-4-5-11-27-19(28)12-17(25-20(15)27)16-9-10-23-13-24-16/h2-3,6,8-10,12-13,15H,4-5,7,11H2,1H3,(H,26,29). The maximum absolute atomic E-state index is 12.9. The Kier molecular flexibility index (Phi) is 6.20. The van der Waals surface area contributed by atoms with Gasteiger partial charge in [0, 0.05) is 18.8 Å². The number of para-hydroxylation sites is 1. The lowest BCUT2D eigenvalue weighted by Gasteiger charge is -2.17. The quantitative estimate of drug-likeness (QED) is 0.616. The Labute approximate surface area is 183 Å². The number of hydrogen-bond acceptors (Lipinski definition) is 8. The fraction of sp³-hybridized carbons (Fsp3) is 0.273. The van der Waals surface area contributed by atoms with Crippen molar-refractivity contribution in [1.82, 2.24) is 25.0 Å². The summed E-state index contributed by atoms with van der Waals surface area (Å²) in [6, 6.07) is 9.61. The normalized spacial score (nSPS) is 15.2. The van der Waals surface area contributed by atoms with Gasteiger partial charge in [-0.15, -0.1) is 0 Å². The number of aromatic nitrogens is 4. The number of rotatable bonds is 4. The second kappa shape index (κ2) is 9.38. The lowest BCUT2D eigenvalue weighted by Crippen LogP contribution is -2.33. The molecule has 0 saturated heterocycles. The van der Waals surface area contributed by atoms with Gasteiger partial charge in [0.1, 0.15) is 23.8 Å². The van der Waals surface area contributed by atoms with E-state index in [4.69, 9.17) is 9.57 Å². The van der Waals surface area contributed by atoms with E-state index in [1.165, 1.54) is 24.1 Å². The van der Waals surface area contributed by atoms with Gasteiger partial charge in [-0.1, -0.05) is 18.6 Å². The molecule has 4 rings (SSSR count). The number of nitrogens with one attached hydrogen (secondary N) is 1. The number of amides is 1. The third-order valence-electron chi connectivity index (χ3n) is 5.20. The van der Waals surface area contributed by atoms with Crippen molar-refractivity contribution < 1.29 is 19.2 Å². The van der Waals surface area contributed by atoms with Crippen molar-refractivity contribution in [2.45, 2.75) is 31.7 Å². The molecule has 1 aliphatic rings. The summed E-state index contributed by atoms with van der Waals surface area (Å²) >= 11 is 0. The predicted molar refractivity (Wildman–Crippen MR) is 113 cm³/mol. The summed E-state index contributed by atoms with van der Waals surface area (Å²) in [5, 5.41) is 0. The number of nitrogens with zero attached hydrogens (tertiary/aromatic N) is 4. The molecule has 0 spiro atoms. The molecular formula is C22H21N5O5. The Balaban J connectivity index is 1.59. The van der Waals surface area contributed by atoms with Gasteiger partial charge in [0.25, 0.3) is 11.5 Å². The highest BCUT2D eigenvalue weighted by molar-refractivity contribution is 5.97. The van der Waals surface area contributed by atoms with Gasteiger partial charge in [-0.05, 0) is 31.0 Å². The highest BCUT2D eigenvalue weighted by Gasteiger charge is 2.31. The molecule has 10 heteroatoms. The molecule has 0 aliphatic carbocycles. The van der Waals surface area contributed by atoms with Crippen molar-refractivity contribution in [3.63, 3.8) is 0 Å². The largest absolute Gasteiger partial charge is 0.496 e. The molecule has 1 unspecified atom stereocenters. The summed E-state index contributed by atoms with van der Waals surface area (Å²) in [6.07, 6.45) is 4.76. The summed E-state index contributed by atoms with van der Waals surface area (Å²) in [4.78, 5) is 55.8. The Morgan fingerprint density at radius 1 is 1.16 bits per heavy atom. The first-order chi connectivity index (χ1) is 15.6. The Morgan fingerprint density at radius 3 is 2.78 bits per heavy atom. The van der Waals surface area contributed by atoms with Crippen LogP contribution in [0.4, 0.5) is 0 Å². The first kappa shape index (κ1) is 21.2. The fourth-order valence-electron chi connectivity index (χ4n) is 3.61. The number of hydrogen-bond donors (Lipinski definition) is 1. The number of methoxy groups -OCH3 is 1. The van der Waals surface area contributed by atoms with Crippen LogP contribution in [0.1, 0.15) is 41.4 Å².